The fraction of sp³-hybridized carbons (Fsp3) is 0.750. The van der Waals surface area contributed by atoms with Crippen LogP contribution in [-0.4, -0.2) is 11.2 Å². The van der Waals surface area contributed by atoms with E-state index < -0.39 is 0 Å². The first-order valence-corrected chi connectivity index (χ1v) is 4.69. The summed E-state index contributed by atoms with van der Waals surface area (Å²) >= 11 is 4.89. The van der Waals surface area contributed by atoms with Crippen molar-refractivity contribution in [3.63, 3.8) is 0 Å². The Kier molecular flexibility index (Phi) is 3.81. The average Bonchev–Trinajstić information content (AvgIpc) is 2.06. The molecule has 2 N–H and O–H groups in total. The fourth-order valence-electron chi connectivity index (χ4n) is 1.52. The minimum absolute atomic E-state index is 0.462. The predicted molar refractivity (Wildman–Crippen MR) is 51.4 cm³/mol. The summed E-state index contributed by atoms with van der Waals surface area (Å²) < 4.78 is 0. The van der Waals surface area contributed by atoms with Crippen molar-refractivity contribution in [1.82, 2.24) is 10.6 Å². The summed E-state index contributed by atoms with van der Waals surface area (Å²) in [5.41, 5.74) is 0. The molecule has 0 saturated heterocycles. The molecule has 0 aromatic heterocycles. The van der Waals surface area contributed by atoms with Crippen molar-refractivity contribution in [2.75, 3.05) is 0 Å². The lowest BCUT2D eigenvalue weighted by Crippen LogP contribution is -2.40. The normalized spacial score (nSPS) is 17.9. The van der Waals surface area contributed by atoms with Crippen LogP contribution < -0.4 is 10.6 Å². The van der Waals surface area contributed by atoms with E-state index in [-0.39, 0.29) is 0 Å². The van der Waals surface area contributed by atoms with Gasteiger partial charge in [-0.3, -0.25) is 5.32 Å². The fourth-order valence-corrected chi connectivity index (χ4v) is 1.73. The van der Waals surface area contributed by atoms with Gasteiger partial charge in [-0.1, -0.05) is 19.3 Å². The van der Waals surface area contributed by atoms with Crippen LogP contribution in [0.1, 0.15) is 32.1 Å². The summed E-state index contributed by atoms with van der Waals surface area (Å²) in [6.45, 7) is 0. The summed E-state index contributed by atoms with van der Waals surface area (Å²) in [6, 6.07) is 0.479. The van der Waals surface area contributed by atoms with E-state index in [9.17, 15) is 0 Å². The van der Waals surface area contributed by atoms with Crippen molar-refractivity contribution >= 4 is 17.3 Å². The third-order valence-corrected chi connectivity index (χ3v) is 2.33. The molecule has 3 nitrogen and oxygen atoms in total. The van der Waals surface area contributed by atoms with Gasteiger partial charge in [-0.15, -0.1) is 0 Å². The maximum absolute atomic E-state index is 8.28. The Balaban J connectivity index is 2.21. The summed E-state index contributed by atoms with van der Waals surface area (Å²) in [7, 11) is 0. The highest BCUT2D eigenvalue weighted by Gasteiger charge is 2.13. The van der Waals surface area contributed by atoms with Gasteiger partial charge >= 0.3 is 0 Å². The van der Waals surface area contributed by atoms with Crippen LogP contribution in [0, 0.1) is 11.5 Å². The SMILES string of the molecule is N#CNC(=S)NC1CCCCC1. The van der Waals surface area contributed by atoms with E-state index in [2.05, 4.69) is 10.6 Å². The molecule has 0 heterocycles. The molecule has 1 aliphatic carbocycles. The van der Waals surface area contributed by atoms with Crippen LogP contribution in [0.4, 0.5) is 0 Å². The first-order valence-electron chi connectivity index (χ1n) is 4.28. The van der Waals surface area contributed by atoms with Gasteiger partial charge in [0.2, 0.25) is 0 Å². The highest BCUT2D eigenvalue weighted by Crippen LogP contribution is 2.16. The lowest BCUT2D eigenvalue weighted by atomic mass is 9.96. The topological polar surface area (TPSA) is 47.9 Å². The monoisotopic (exact) mass is 183 g/mol. The molecule has 0 amide bonds. The third-order valence-electron chi connectivity index (χ3n) is 2.11. The van der Waals surface area contributed by atoms with Crippen molar-refractivity contribution in [2.45, 2.75) is 38.1 Å². The molecule has 0 radical (unpaired) electrons. The van der Waals surface area contributed by atoms with Crippen molar-refractivity contribution < 1.29 is 0 Å². The quantitative estimate of drug-likeness (QED) is 0.365. The Morgan fingerprint density at radius 2 is 2.00 bits per heavy atom. The number of nitrogens with one attached hydrogen (secondary N) is 2. The number of hydrogen-bond donors (Lipinski definition) is 2. The van der Waals surface area contributed by atoms with Gasteiger partial charge in [-0.2, -0.15) is 5.26 Å². The van der Waals surface area contributed by atoms with E-state index in [1.54, 1.807) is 6.19 Å². The van der Waals surface area contributed by atoms with E-state index >= 15 is 0 Å². The molecule has 0 aromatic rings. The molecule has 0 aromatic carbocycles. The van der Waals surface area contributed by atoms with Gasteiger partial charge in [0, 0.05) is 6.04 Å². The Bertz CT molecular complexity index is 191. The van der Waals surface area contributed by atoms with Crippen LogP contribution in [0.5, 0.6) is 0 Å². The number of nitriles is 1. The van der Waals surface area contributed by atoms with Gasteiger partial charge in [0.1, 0.15) is 0 Å². The second kappa shape index (κ2) is 4.94. The Morgan fingerprint density at radius 1 is 1.33 bits per heavy atom. The molecule has 1 rings (SSSR count). The van der Waals surface area contributed by atoms with Gasteiger partial charge in [0.15, 0.2) is 11.3 Å². The lowest BCUT2D eigenvalue weighted by molar-refractivity contribution is 0.413. The average molecular weight is 183 g/mol. The minimum Gasteiger partial charge on any atom is -0.359 e. The molecular weight excluding hydrogens is 170 g/mol. The Morgan fingerprint density at radius 3 is 2.58 bits per heavy atom. The molecule has 0 unspecified atom stereocenters. The van der Waals surface area contributed by atoms with Crippen LogP contribution in [0.2, 0.25) is 0 Å². The van der Waals surface area contributed by atoms with E-state index in [0.717, 1.165) is 0 Å². The van der Waals surface area contributed by atoms with Crippen molar-refractivity contribution in [3.8, 4) is 6.19 Å². The molecule has 0 atom stereocenters. The molecule has 1 fully saturated rings. The zero-order chi connectivity index (χ0) is 8.81. The maximum atomic E-state index is 8.28. The zero-order valence-corrected chi connectivity index (χ0v) is 7.78. The van der Waals surface area contributed by atoms with Crippen molar-refractivity contribution in [3.05, 3.63) is 0 Å². The maximum Gasteiger partial charge on any atom is 0.183 e. The van der Waals surface area contributed by atoms with E-state index in [0.29, 0.717) is 11.2 Å². The minimum atomic E-state index is 0.462. The van der Waals surface area contributed by atoms with Crippen LogP contribution in [0.3, 0.4) is 0 Å². The molecule has 0 aliphatic heterocycles. The first kappa shape index (κ1) is 9.27. The van der Waals surface area contributed by atoms with Crippen LogP contribution in [0.15, 0.2) is 0 Å². The molecule has 12 heavy (non-hydrogen) atoms. The number of thiocarbonyl (C=S) groups is 1. The predicted octanol–water partition coefficient (Wildman–Crippen LogP) is 1.26. The van der Waals surface area contributed by atoms with Gasteiger partial charge in [-0.05, 0) is 25.1 Å². The summed E-state index contributed by atoms with van der Waals surface area (Å²) in [4.78, 5) is 0. The van der Waals surface area contributed by atoms with Crippen molar-refractivity contribution in [2.24, 2.45) is 0 Å². The van der Waals surface area contributed by atoms with Gasteiger partial charge in [0.05, 0.1) is 0 Å². The van der Waals surface area contributed by atoms with E-state index in [4.69, 9.17) is 17.5 Å². The second-order valence-electron chi connectivity index (χ2n) is 3.05. The molecular formula is C8H13N3S. The highest BCUT2D eigenvalue weighted by molar-refractivity contribution is 7.80. The van der Waals surface area contributed by atoms with Crippen LogP contribution in [0.25, 0.3) is 0 Å². The first-order chi connectivity index (χ1) is 5.83. The third kappa shape index (κ3) is 3.05. The van der Waals surface area contributed by atoms with Gasteiger partial charge < -0.3 is 5.32 Å². The van der Waals surface area contributed by atoms with Gasteiger partial charge in [-0.25, -0.2) is 0 Å². The molecule has 1 aliphatic rings. The van der Waals surface area contributed by atoms with Gasteiger partial charge in [0.25, 0.3) is 0 Å². The van der Waals surface area contributed by atoms with Crippen molar-refractivity contribution in [1.29, 1.82) is 5.26 Å². The number of nitrogens with zero attached hydrogens (tertiary/aromatic N) is 1. The van der Waals surface area contributed by atoms with E-state index in [1.807, 2.05) is 0 Å². The van der Waals surface area contributed by atoms with Crippen LogP contribution >= 0.6 is 12.2 Å². The lowest BCUT2D eigenvalue weighted by Gasteiger charge is -2.23. The molecule has 1 saturated carbocycles. The second-order valence-corrected chi connectivity index (χ2v) is 3.45. The van der Waals surface area contributed by atoms with Crippen LogP contribution in [-0.2, 0) is 0 Å². The largest absolute Gasteiger partial charge is 0.359 e. The Labute approximate surface area is 78.1 Å². The molecule has 66 valence electrons. The Hall–Kier alpha value is -0.820. The molecule has 4 heteroatoms. The standard InChI is InChI=1S/C8H13N3S/c9-6-10-8(12)11-7-4-2-1-3-5-7/h7H,1-5H2,(H2,10,11,12). The summed E-state index contributed by atoms with van der Waals surface area (Å²) in [5, 5.41) is 14.3. The number of hydrogen-bond acceptors (Lipinski definition) is 2. The number of rotatable bonds is 1. The zero-order valence-electron chi connectivity index (χ0n) is 6.97. The molecule has 0 bridgehead atoms. The van der Waals surface area contributed by atoms with E-state index in [1.165, 1.54) is 32.1 Å². The smallest absolute Gasteiger partial charge is 0.183 e. The summed E-state index contributed by atoms with van der Waals surface area (Å²) in [5.74, 6) is 0. The highest BCUT2D eigenvalue weighted by atomic mass is 32.1. The molecule has 0 spiro atoms. The summed E-state index contributed by atoms with van der Waals surface area (Å²) in [6.07, 6.45) is 8.02.